The highest BCUT2D eigenvalue weighted by Gasteiger charge is 2.37. The second-order valence-electron chi connectivity index (χ2n) is 4.16. The Bertz CT molecular complexity index is 593. The van der Waals surface area contributed by atoms with Crippen molar-refractivity contribution in [2.45, 2.75) is 11.4 Å². The maximum Gasteiger partial charge on any atom is 0.262 e. The number of benzene rings is 1. The van der Waals surface area contributed by atoms with E-state index in [0.29, 0.717) is 5.75 Å². The van der Waals surface area contributed by atoms with Gasteiger partial charge in [-0.2, -0.15) is 0 Å². The lowest BCUT2D eigenvalue weighted by Gasteiger charge is -2.16. The van der Waals surface area contributed by atoms with Crippen molar-refractivity contribution in [1.82, 2.24) is 5.32 Å². The van der Waals surface area contributed by atoms with Gasteiger partial charge in [-0.15, -0.1) is 11.6 Å². The van der Waals surface area contributed by atoms with Gasteiger partial charge in [0.1, 0.15) is 5.75 Å². The molecule has 2 atom stereocenters. The second-order valence-corrected chi connectivity index (χ2v) is 8.10. The monoisotopic (exact) mass is 383 g/mol. The lowest BCUT2D eigenvalue weighted by Crippen LogP contribution is -2.42. The van der Waals surface area contributed by atoms with Crippen LogP contribution in [0.1, 0.15) is 0 Å². The normalized spacial score (nSPS) is 24.9. The molecule has 1 aliphatic heterocycles. The highest BCUT2D eigenvalue weighted by Crippen LogP contribution is 2.24. The van der Waals surface area contributed by atoms with Crippen molar-refractivity contribution in [3.8, 4) is 5.75 Å². The van der Waals surface area contributed by atoms with Gasteiger partial charge in [0.15, 0.2) is 9.84 Å². The molecule has 4 nitrogen and oxygen atoms in total. The molecule has 2 rings (SSSR count). The number of nitrogens with one attached hydrogen (secondary N) is 1. The largest absolute Gasteiger partial charge is 0.431 e. The maximum absolute atomic E-state index is 11.4. The van der Waals surface area contributed by atoms with E-state index in [9.17, 15) is 8.42 Å². The topological polar surface area (TPSA) is 55.4 Å². The third-order valence-corrected chi connectivity index (χ3v) is 5.86. The maximum atomic E-state index is 11.4. The Morgan fingerprint density at radius 1 is 1.42 bits per heavy atom. The third kappa shape index (κ3) is 4.05. The van der Waals surface area contributed by atoms with E-state index in [-0.39, 0.29) is 16.7 Å². The summed E-state index contributed by atoms with van der Waals surface area (Å²) < 4.78 is 29.1. The highest BCUT2D eigenvalue weighted by molar-refractivity contribution is 9.10. The van der Waals surface area contributed by atoms with Gasteiger partial charge in [-0.1, -0.05) is 12.1 Å². The van der Waals surface area contributed by atoms with Crippen LogP contribution in [0.3, 0.4) is 0 Å². The lowest BCUT2D eigenvalue weighted by atomic mass is 10.3. The van der Waals surface area contributed by atoms with Gasteiger partial charge >= 0.3 is 0 Å². The molecule has 0 aliphatic carbocycles. The summed E-state index contributed by atoms with van der Waals surface area (Å²) in [5.41, 5.74) is 0. The predicted molar refractivity (Wildman–Crippen MR) is 82.6 cm³/mol. The number of alkyl halides is 1. The van der Waals surface area contributed by atoms with E-state index in [0.717, 1.165) is 4.47 Å². The number of para-hydroxylation sites is 1. The standard InChI is InChI=1S/C11H11BrClNO3S2/c12-7-3-1-2-4-10(7)17-11(18)14-9-6-19(15,16)5-8(9)13/h1-4,8-9H,5-6H2,(H,14,18). The van der Waals surface area contributed by atoms with Gasteiger partial charge in [-0.05, 0) is 40.3 Å². The molecule has 0 radical (unpaired) electrons. The first-order chi connectivity index (χ1) is 8.87. The number of halogens is 2. The summed E-state index contributed by atoms with van der Waals surface area (Å²) >= 11 is 14.4. The fraction of sp³-hybridized carbons (Fsp3) is 0.364. The average molecular weight is 385 g/mol. The van der Waals surface area contributed by atoms with Crippen LogP contribution >= 0.6 is 39.7 Å². The molecule has 0 spiro atoms. The molecule has 1 fully saturated rings. The Morgan fingerprint density at radius 3 is 2.68 bits per heavy atom. The summed E-state index contributed by atoms with van der Waals surface area (Å²) in [5, 5.41) is 2.45. The quantitative estimate of drug-likeness (QED) is 0.625. The van der Waals surface area contributed by atoms with E-state index in [4.69, 9.17) is 28.6 Å². The Kier molecular flexibility index (Phi) is 4.70. The Labute approximate surface area is 130 Å². The zero-order valence-corrected chi connectivity index (χ0v) is 13.7. The van der Waals surface area contributed by atoms with Crippen molar-refractivity contribution in [2.75, 3.05) is 11.5 Å². The number of rotatable bonds is 2. The summed E-state index contributed by atoms with van der Waals surface area (Å²) in [6.45, 7) is 0. The Morgan fingerprint density at radius 2 is 2.11 bits per heavy atom. The van der Waals surface area contributed by atoms with Crippen LogP contribution in [-0.4, -0.2) is 36.5 Å². The van der Waals surface area contributed by atoms with Crippen LogP contribution in [0.25, 0.3) is 0 Å². The zero-order valence-electron chi connectivity index (χ0n) is 9.68. The summed E-state index contributed by atoms with van der Waals surface area (Å²) in [4.78, 5) is 0. The molecule has 104 valence electrons. The van der Waals surface area contributed by atoms with Crippen molar-refractivity contribution >= 4 is 54.8 Å². The molecule has 1 heterocycles. The second kappa shape index (κ2) is 5.95. The molecule has 0 aromatic heterocycles. The first-order valence-corrected chi connectivity index (χ1v) is 8.91. The predicted octanol–water partition coefficient (Wildman–Crippen LogP) is 2.11. The molecule has 1 aromatic rings. The van der Waals surface area contributed by atoms with Crippen LogP contribution < -0.4 is 10.1 Å². The highest BCUT2D eigenvalue weighted by atomic mass is 79.9. The van der Waals surface area contributed by atoms with Crippen molar-refractivity contribution in [2.24, 2.45) is 0 Å². The Hall–Kier alpha value is -0.370. The van der Waals surface area contributed by atoms with E-state index in [1.807, 2.05) is 18.2 Å². The van der Waals surface area contributed by atoms with E-state index < -0.39 is 21.3 Å². The van der Waals surface area contributed by atoms with E-state index in [2.05, 4.69) is 21.2 Å². The molecule has 2 unspecified atom stereocenters. The average Bonchev–Trinajstić information content (AvgIpc) is 2.55. The van der Waals surface area contributed by atoms with Crippen LogP contribution in [0, 0.1) is 0 Å². The van der Waals surface area contributed by atoms with Crippen LogP contribution in [0.2, 0.25) is 0 Å². The molecule has 0 saturated carbocycles. The molecular weight excluding hydrogens is 374 g/mol. The minimum atomic E-state index is -3.09. The lowest BCUT2D eigenvalue weighted by molar-refractivity contribution is 0.508. The molecule has 1 saturated heterocycles. The van der Waals surface area contributed by atoms with E-state index in [1.54, 1.807) is 6.07 Å². The molecule has 19 heavy (non-hydrogen) atoms. The third-order valence-electron chi connectivity index (χ3n) is 2.63. The van der Waals surface area contributed by atoms with Crippen LogP contribution in [-0.2, 0) is 9.84 Å². The first-order valence-electron chi connectivity index (χ1n) is 5.45. The smallest absolute Gasteiger partial charge is 0.262 e. The molecule has 0 bridgehead atoms. The van der Waals surface area contributed by atoms with Crippen molar-refractivity contribution in [1.29, 1.82) is 0 Å². The first kappa shape index (κ1) is 15.0. The van der Waals surface area contributed by atoms with Crippen LogP contribution in [0.15, 0.2) is 28.7 Å². The van der Waals surface area contributed by atoms with E-state index >= 15 is 0 Å². The summed E-state index contributed by atoms with van der Waals surface area (Å²) in [7, 11) is -3.09. The van der Waals surface area contributed by atoms with Crippen molar-refractivity contribution in [3.63, 3.8) is 0 Å². The van der Waals surface area contributed by atoms with Crippen LogP contribution in [0.5, 0.6) is 5.75 Å². The number of sulfone groups is 1. The summed E-state index contributed by atoms with van der Waals surface area (Å²) in [5.74, 6) is 0.497. The Balaban J connectivity index is 1.98. The molecule has 8 heteroatoms. The number of hydrogen-bond donors (Lipinski definition) is 1. The number of thiocarbonyl (C=S) groups is 1. The number of ether oxygens (including phenoxy) is 1. The van der Waals surface area contributed by atoms with Crippen molar-refractivity contribution in [3.05, 3.63) is 28.7 Å². The van der Waals surface area contributed by atoms with Gasteiger partial charge in [-0.25, -0.2) is 8.42 Å². The molecule has 1 aromatic carbocycles. The van der Waals surface area contributed by atoms with Gasteiger partial charge in [0.05, 0.1) is 27.4 Å². The molecular formula is C11H11BrClNO3S2. The molecule has 0 amide bonds. The zero-order chi connectivity index (χ0) is 14.0. The molecule has 1 aliphatic rings. The SMILES string of the molecule is O=S1(=O)CC(Cl)C(NC(=S)Oc2ccccc2Br)C1. The molecule has 1 N–H and O–H groups in total. The minimum absolute atomic E-state index is 0.0272. The van der Waals surface area contributed by atoms with Gasteiger partial charge in [0, 0.05) is 0 Å². The minimum Gasteiger partial charge on any atom is -0.431 e. The van der Waals surface area contributed by atoms with Crippen LogP contribution in [0.4, 0.5) is 0 Å². The number of hydrogen-bond acceptors (Lipinski definition) is 4. The van der Waals surface area contributed by atoms with Gasteiger partial charge in [0.2, 0.25) is 0 Å². The fourth-order valence-electron chi connectivity index (χ4n) is 1.75. The summed E-state index contributed by atoms with van der Waals surface area (Å²) in [6.07, 6.45) is 0. The van der Waals surface area contributed by atoms with E-state index in [1.165, 1.54) is 0 Å². The van der Waals surface area contributed by atoms with Gasteiger partial charge in [-0.3, -0.25) is 0 Å². The summed E-state index contributed by atoms with van der Waals surface area (Å²) in [6, 6.07) is 6.82. The fourth-order valence-corrected chi connectivity index (χ4v) is 4.90. The van der Waals surface area contributed by atoms with Gasteiger partial charge in [0.25, 0.3) is 5.17 Å². The van der Waals surface area contributed by atoms with Crippen molar-refractivity contribution < 1.29 is 13.2 Å². The van der Waals surface area contributed by atoms with Gasteiger partial charge < -0.3 is 10.1 Å².